The van der Waals surface area contributed by atoms with Gasteiger partial charge in [0, 0.05) is 37.6 Å². The summed E-state index contributed by atoms with van der Waals surface area (Å²) in [6.45, 7) is 6.29. The van der Waals surface area contributed by atoms with Crippen molar-refractivity contribution in [3.63, 3.8) is 0 Å². The maximum absolute atomic E-state index is 13.8. The van der Waals surface area contributed by atoms with Gasteiger partial charge in [0.2, 0.25) is 5.89 Å². The molecular weight excluding hydrogens is 455 g/mol. The Morgan fingerprint density at radius 2 is 2.00 bits per heavy atom. The van der Waals surface area contributed by atoms with Crippen LogP contribution in [-0.4, -0.2) is 29.7 Å². The Balaban J connectivity index is 0.00000338. The van der Waals surface area contributed by atoms with Crippen LogP contribution in [0.5, 0.6) is 0 Å². The molecule has 0 aliphatic heterocycles. The number of halogens is 3. The summed E-state index contributed by atoms with van der Waals surface area (Å²) in [5.41, 5.74) is 0.364. The molecule has 0 aliphatic carbocycles. The molecule has 2 N–H and O–H groups in total. The molecular formula is C17H24F2IN5O. The zero-order chi connectivity index (χ0) is 18.4. The Labute approximate surface area is 168 Å². The Kier molecular flexibility index (Phi) is 8.89. The minimum Gasteiger partial charge on any atom is -0.356 e. The van der Waals surface area contributed by atoms with Crippen LogP contribution in [0.1, 0.15) is 50.0 Å². The van der Waals surface area contributed by atoms with E-state index in [-0.39, 0.29) is 35.9 Å². The van der Waals surface area contributed by atoms with Gasteiger partial charge in [0.25, 0.3) is 0 Å². The molecule has 1 atom stereocenters. The lowest BCUT2D eigenvalue weighted by Crippen LogP contribution is -2.39. The third-order valence-corrected chi connectivity index (χ3v) is 3.64. The molecule has 0 saturated carbocycles. The van der Waals surface area contributed by atoms with Gasteiger partial charge in [0.05, 0.1) is 6.04 Å². The second kappa shape index (κ2) is 10.4. The zero-order valence-electron chi connectivity index (χ0n) is 15.2. The van der Waals surface area contributed by atoms with E-state index in [9.17, 15) is 8.78 Å². The maximum atomic E-state index is 13.8. The van der Waals surface area contributed by atoms with Crippen molar-refractivity contribution >= 4 is 29.9 Å². The molecule has 1 aromatic heterocycles. The molecule has 6 nitrogen and oxygen atoms in total. The SMILES string of the molecule is CN=C(NCCc1nc(C(C)C)no1)NC(C)c1ccc(F)cc1F.I. The van der Waals surface area contributed by atoms with Crippen LogP contribution < -0.4 is 10.6 Å². The number of aromatic nitrogens is 2. The quantitative estimate of drug-likeness (QED) is 0.377. The normalized spacial score (nSPS) is 12.7. The van der Waals surface area contributed by atoms with E-state index in [1.807, 2.05) is 13.8 Å². The zero-order valence-corrected chi connectivity index (χ0v) is 17.5. The first-order chi connectivity index (χ1) is 11.9. The van der Waals surface area contributed by atoms with E-state index < -0.39 is 11.6 Å². The van der Waals surface area contributed by atoms with Gasteiger partial charge in [-0.2, -0.15) is 4.98 Å². The van der Waals surface area contributed by atoms with Crippen molar-refractivity contribution in [2.24, 2.45) is 4.99 Å². The predicted octanol–water partition coefficient (Wildman–Crippen LogP) is 3.56. The summed E-state index contributed by atoms with van der Waals surface area (Å²) in [5.74, 6) is 0.743. The van der Waals surface area contributed by atoms with E-state index in [1.54, 1.807) is 14.0 Å². The van der Waals surface area contributed by atoms with Gasteiger partial charge in [-0.25, -0.2) is 8.78 Å². The Bertz CT molecular complexity index is 736. The lowest BCUT2D eigenvalue weighted by molar-refractivity contribution is 0.371. The van der Waals surface area contributed by atoms with E-state index >= 15 is 0 Å². The van der Waals surface area contributed by atoms with Crippen LogP contribution in [-0.2, 0) is 6.42 Å². The van der Waals surface area contributed by atoms with Gasteiger partial charge in [0.15, 0.2) is 11.8 Å². The second-order valence-electron chi connectivity index (χ2n) is 5.98. The van der Waals surface area contributed by atoms with E-state index in [2.05, 4.69) is 25.8 Å². The van der Waals surface area contributed by atoms with Crippen LogP contribution in [0, 0.1) is 11.6 Å². The summed E-state index contributed by atoms with van der Waals surface area (Å²) in [4.78, 5) is 8.39. The molecule has 26 heavy (non-hydrogen) atoms. The second-order valence-corrected chi connectivity index (χ2v) is 5.98. The van der Waals surface area contributed by atoms with E-state index in [4.69, 9.17) is 4.52 Å². The first kappa shape index (κ1) is 22.3. The standard InChI is InChI=1S/C17H23F2N5O.HI/c1-10(2)16-23-15(25-24-16)7-8-21-17(20-4)22-11(3)13-6-5-12(18)9-14(13)19;/h5-6,9-11H,7-8H2,1-4H3,(H2,20,21,22);1H. The molecule has 1 unspecified atom stereocenters. The number of nitrogens with zero attached hydrogens (tertiary/aromatic N) is 3. The minimum atomic E-state index is -0.601. The third-order valence-electron chi connectivity index (χ3n) is 3.64. The highest BCUT2D eigenvalue weighted by Crippen LogP contribution is 2.17. The highest BCUT2D eigenvalue weighted by atomic mass is 127. The topological polar surface area (TPSA) is 75.3 Å². The summed E-state index contributed by atoms with van der Waals surface area (Å²) >= 11 is 0. The molecule has 2 aromatic rings. The summed E-state index contributed by atoms with van der Waals surface area (Å²) in [6, 6.07) is 3.14. The van der Waals surface area contributed by atoms with Crippen LogP contribution in [0.2, 0.25) is 0 Å². The largest absolute Gasteiger partial charge is 0.356 e. The van der Waals surface area contributed by atoms with Gasteiger partial charge in [-0.15, -0.1) is 24.0 Å². The first-order valence-corrected chi connectivity index (χ1v) is 8.15. The summed E-state index contributed by atoms with van der Waals surface area (Å²) in [5, 5.41) is 10.1. The molecule has 1 heterocycles. The van der Waals surface area contributed by atoms with Gasteiger partial charge in [0.1, 0.15) is 11.6 Å². The fourth-order valence-electron chi connectivity index (χ4n) is 2.22. The summed E-state index contributed by atoms with van der Waals surface area (Å²) < 4.78 is 32.0. The average molecular weight is 479 g/mol. The van der Waals surface area contributed by atoms with Gasteiger partial charge in [-0.3, -0.25) is 4.99 Å². The van der Waals surface area contributed by atoms with Crippen molar-refractivity contribution in [1.82, 2.24) is 20.8 Å². The van der Waals surface area contributed by atoms with Gasteiger partial charge < -0.3 is 15.2 Å². The molecule has 0 bridgehead atoms. The van der Waals surface area contributed by atoms with Crippen molar-refractivity contribution in [2.45, 2.75) is 39.2 Å². The van der Waals surface area contributed by atoms with Crippen molar-refractivity contribution in [3.05, 3.63) is 47.1 Å². The summed E-state index contributed by atoms with van der Waals surface area (Å²) in [7, 11) is 1.62. The minimum absolute atomic E-state index is 0. The molecule has 144 valence electrons. The number of hydrogen-bond acceptors (Lipinski definition) is 4. The van der Waals surface area contributed by atoms with Crippen LogP contribution in [0.25, 0.3) is 0 Å². The average Bonchev–Trinajstić information content (AvgIpc) is 3.02. The van der Waals surface area contributed by atoms with Crippen molar-refractivity contribution < 1.29 is 13.3 Å². The number of rotatable bonds is 6. The molecule has 2 rings (SSSR count). The molecule has 9 heteroatoms. The summed E-state index contributed by atoms with van der Waals surface area (Å²) in [6.07, 6.45) is 0.541. The molecule has 0 amide bonds. The van der Waals surface area contributed by atoms with Crippen molar-refractivity contribution in [3.8, 4) is 0 Å². The lowest BCUT2D eigenvalue weighted by Gasteiger charge is -2.18. The van der Waals surface area contributed by atoms with Crippen molar-refractivity contribution in [2.75, 3.05) is 13.6 Å². The van der Waals surface area contributed by atoms with E-state index in [0.29, 0.717) is 36.2 Å². The van der Waals surface area contributed by atoms with Crippen LogP contribution in [0.4, 0.5) is 8.78 Å². The first-order valence-electron chi connectivity index (χ1n) is 8.15. The number of guanidine groups is 1. The van der Waals surface area contributed by atoms with Gasteiger partial charge >= 0.3 is 0 Å². The third kappa shape index (κ3) is 6.19. The predicted molar refractivity (Wildman–Crippen MR) is 107 cm³/mol. The molecule has 0 radical (unpaired) electrons. The Hall–Kier alpha value is -1.78. The highest BCUT2D eigenvalue weighted by molar-refractivity contribution is 14.0. The van der Waals surface area contributed by atoms with E-state index in [0.717, 1.165) is 6.07 Å². The molecule has 0 aliphatic rings. The lowest BCUT2D eigenvalue weighted by atomic mass is 10.1. The number of nitrogens with one attached hydrogen (secondary N) is 2. The van der Waals surface area contributed by atoms with Crippen LogP contribution >= 0.6 is 24.0 Å². The number of hydrogen-bond donors (Lipinski definition) is 2. The molecule has 0 spiro atoms. The number of aliphatic imine (C=N–C) groups is 1. The molecule has 0 fully saturated rings. The fraction of sp³-hybridized carbons (Fsp3) is 0.471. The maximum Gasteiger partial charge on any atom is 0.228 e. The van der Waals surface area contributed by atoms with Gasteiger partial charge in [-0.1, -0.05) is 25.1 Å². The smallest absolute Gasteiger partial charge is 0.228 e. The number of benzene rings is 1. The van der Waals surface area contributed by atoms with E-state index in [1.165, 1.54) is 12.1 Å². The van der Waals surface area contributed by atoms with Crippen LogP contribution in [0.3, 0.4) is 0 Å². The Morgan fingerprint density at radius 3 is 2.58 bits per heavy atom. The Morgan fingerprint density at radius 1 is 1.27 bits per heavy atom. The van der Waals surface area contributed by atoms with Gasteiger partial charge in [-0.05, 0) is 13.0 Å². The molecule has 0 saturated heterocycles. The van der Waals surface area contributed by atoms with Crippen LogP contribution in [0.15, 0.2) is 27.7 Å². The molecule has 1 aromatic carbocycles. The monoisotopic (exact) mass is 479 g/mol. The fourth-order valence-corrected chi connectivity index (χ4v) is 2.22. The highest BCUT2D eigenvalue weighted by Gasteiger charge is 2.14. The van der Waals surface area contributed by atoms with Crippen molar-refractivity contribution in [1.29, 1.82) is 0 Å².